The molecule has 0 radical (unpaired) electrons. The molecule has 3 rings (SSSR count). The van der Waals surface area contributed by atoms with Crippen molar-refractivity contribution in [3.05, 3.63) is 40.7 Å². The molecule has 0 spiro atoms. The van der Waals surface area contributed by atoms with Crippen LogP contribution in [-0.2, 0) is 6.42 Å². The second kappa shape index (κ2) is 4.20. The van der Waals surface area contributed by atoms with Crippen molar-refractivity contribution in [3.8, 4) is 17.1 Å². The lowest BCUT2D eigenvalue weighted by atomic mass is 10.0. The third kappa shape index (κ3) is 2.30. The van der Waals surface area contributed by atoms with Crippen LogP contribution < -0.4 is 4.74 Å². The van der Waals surface area contributed by atoms with Crippen molar-refractivity contribution in [3.63, 3.8) is 0 Å². The molecule has 0 unspecified atom stereocenters. The van der Waals surface area contributed by atoms with Crippen LogP contribution in [-0.4, -0.2) is 15.6 Å². The Balaban J connectivity index is 2.15. The minimum atomic E-state index is -0.175. The van der Waals surface area contributed by atoms with Crippen molar-refractivity contribution in [1.29, 1.82) is 0 Å². The van der Waals surface area contributed by atoms with Gasteiger partial charge in [0.2, 0.25) is 0 Å². The number of aromatic nitrogens is 2. The fourth-order valence-corrected chi connectivity index (χ4v) is 2.68. The van der Waals surface area contributed by atoms with Gasteiger partial charge in [-0.2, -0.15) is 0 Å². The maximum Gasteiger partial charge on any atom is 0.164 e. The summed E-state index contributed by atoms with van der Waals surface area (Å²) in [4.78, 5) is 8.76. The van der Waals surface area contributed by atoms with Crippen LogP contribution in [0.15, 0.2) is 24.3 Å². The number of hydrogen-bond donors (Lipinski definition) is 0. The summed E-state index contributed by atoms with van der Waals surface area (Å²) < 4.78 is 6.04. The molecule has 0 bridgehead atoms. The molecule has 19 heavy (non-hydrogen) atoms. The van der Waals surface area contributed by atoms with Gasteiger partial charge < -0.3 is 4.74 Å². The van der Waals surface area contributed by atoms with E-state index >= 15 is 0 Å². The number of ether oxygens (including phenoxy) is 1. The SMILES string of the molecule is Cc1cc(Cl)nc(-c2cccc3c2OC(C)(C)C3)n1. The topological polar surface area (TPSA) is 35.0 Å². The summed E-state index contributed by atoms with van der Waals surface area (Å²) in [6.45, 7) is 6.08. The van der Waals surface area contributed by atoms with Crippen LogP contribution in [0.3, 0.4) is 0 Å². The number of hydrogen-bond acceptors (Lipinski definition) is 3. The van der Waals surface area contributed by atoms with Crippen molar-refractivity contribution < 1.29 is 4.74 Å². The van der Waals surface area contributed by atoms with Crippen molar-refractivity contribution in [2.75, 3.05) is 0 Å². The molecule has 1 aromatic heterocycles. The molecule has 0 saturated heterocycles. The molecule has 2 heterocycles. The average Bonchev–Trinajstić information content (AvgIpc) is 2.60. The molecule has 4 heteroatoms. The highest BCUT2D eigenvalue weighted by Crippen LogP contribution is 2.41. The van der Waals surface area contributed by atoms with E-state index in [4.69, 9.17) is 16.3 Å². The Morgan fingerprint density at radius 2 is 2.05 bits per heavy atom. The molecule has 0 atom stereocenters. The minimum Gasteiger partial charge on any atom is -0.486 e. The summed E-state index contributed by atoms with van der Waals surface area (Å²) in [7, 11) is 0. The first kappa shape index (κ1) is 12.4. The number of fused-ring (bicyclic) bond motifs is 1. The Hall–Kier alpha value is -1.61. The number of nitrogens with zero attached hydrogens (tertiary/aromatic N) is 2. The Morgan fingerprint density at radius 3 is 2.79 bits per heavy atom. The molecule has 0 saturated carbocycles. The monoisotopic (exact) mass is 274 g/mol. The lowest BCUT2D eigenvalue weighted by Gasteiger charge is -2.18. The van der Waals surface area contributed by atoms with E-state index in [1.807, 2.05) is 19.1 Å². The molecule has 98 valence electrons. The van der Waals surface area contributed by atoms with Crippen molar-refractivity contribution in [1.82, 2.24) is 9.97 Å². The van der Waals surface area contributed by atoms with Gasteiger partial charge in [-0.1, -0.05) is 23.7 Å². The molecule has 1 aliphatic heterocycles. The van der Waals surface area contributed by atoms with Crippen LogP contribution in [0, 0.1) is 6.92 Å². The number of halogens is 1. The Bertz CT molecular complexity index is 632. The summed E-state index contributed by atoms with van der Waals surface area (Å²) >= 11 is 6.02. The van der Waals surface area contributed by atoms with Crippen molar-refractivity contribution in [2.45, 2.75) is 32.8 Å². The predicted octanol–water partition coefficient (Wildman–Crippen LogP) is 3.82. The van der Waals surface area contributed by atoms with Gasteiger partial charge in [-0.05, 0) is 38.5 Å². The van der Waals surface area contributed by atoms with Gasteiger partial charge in [0.1, 0.15) is 16.5 Å². The quantitative estimate of drug-likeness (QED) is 0.742. The van der Waals surface area contributed by atoms with E-state index in [0.717, 1.165) is 23.4 Å². The van der Waals surface area contributed by atoms with Crippen LogP contribution in [0.4, 0.5) is 0 Å². The molecule has 1 aromatic carbocycles. The molecule has 0 aliphatic carbocycles. The fraction of sp³-hybridized carbons (Fsp3) is 0.333. The van der Waals surface area contributed by atoms with E-state index in [0.29, 0.717) is 11.0 Å². The third-order valence-corrected chi connectivity index (χ3v) is 3.35. The summed E-state index contributed by atoms with van der Waals surface area (Å²) in [6, 6.07) is 7.83. The predicted molar refractivity (Wildman–Crippen MR) is 75.6 cm³/mol. The first-order chi connectivity index (χ1) is 8.94. The van der Waals surface area contributed by atoms with Crippen molar-refractivity contribution in [2.24, 2.45) is 0 Å². The van der Waals surface area contributed by atoms with E-state index in [1.54, 1.807) is 6.07 Å². The van der Waals surface area contributed by atoms with Crippen molar-refractivity contribution >= 4 is 11.6 Å². The van der Waals surface area contributed by atoms with E-state index in [2.05, 4.69) is 29.9 Å². The minimum absolute atomic E-state index is 0.175. The van der Waals surface area contributed by atoms with Crippen LogP contribution in [0.5, 0.6) is 5.75 Å². The maximum absolute atomic E-state index is 6.04. The zero-order valence-corrected chi connectivity index (χ0v) is 12.0. The summed E-state index contributed by atoms with van der Waals surface area (Å²) in [5.41, 5.74) is 2.79. The van der Waals surface area contributed by atoms with Gasteiger partial charge in [0.15, 0.2) is 5.82 Å². The highest BCUT2D eigenvalue weighted by molar-refractivity contribution is 6.29. The van der Waals surface area contributed by atoms with Crippen LogP contribution in [0.1, 0.15) is 25.1 Å². The smallest absolute Gasteiger partial charge is 0.164 e. The number of rotatable bonds is 1. The third-order valence-electron chi connectivity index (χ3n) is 3.15. The lowest BCUT2D eigenvalue weighted by Crippen LogP contribution is -2.24. The largest absolute Gasteiger partial charge is 0.486 e. The first-order valence-electron chi connectivity index (χ1n) is 6.27. The van der Waals surface area contributed by atoms with Gasteiger partial charge in [-0.25, -0.2) is 9.97 Å². The van der Waals surface area contributed by atoms with Gasteiger partial charge in [0.05, 0.1) is 5.56 Å². The number of benzene rings is 1. The second-order valence-electron chi connectivity index (χ2n) is 5.49. The Kier molecular flexibility index (Phi) is 2.75. The summed E-state index contributed by atoms with van der Waals surface area (Å²) in [6.07, 6.45) is 0.899. The molecule has 0 N–H and O–H groups in total. The molecule has 0 fully saturated rings. The number of para-hydroxylation sites is 1. The Labute approximate surface area is 117 Å². The summed E-state index contributed by atoms with van der Waals surface area (Å²) in [5, 5.41) is 0.456. The molecule has 2 aromatic rings. The van der Waals surface area contributed by atoms with E-state index in [1.165, 1.54) is 5.56 Å². The highest BCUT2D eigenvalue weighted by atomic mass is 35.5. The standard InChI is InChI=1S/C15H15ClN2O/c1-9-7-12(16)18-14(17-9)11-6-4-5-10-8-15(2,3)19-13(10)11/h4-7H,8H2,1-3H3. The highest BCUT2D eigenvalue weighted by Gasteiger charge is 2.32. The van der Waals surface area contributed by atoms with Gasteiger partial charge in [-0.15, -0.1) is 0 Å². The molecular formula is C15H15ClN2O. The van der Waals surface area contributed by atoms with Crippen LogP contribution >= 0.6 is 11.6 Å². The van der Waals surface area contributed by atoms with Gasteiger partial charge in [0.25, 0.3) is 0 Å². The van der Waals surface area contributed by atoms with E-state index < -0.39 is 0 Å². The zero-order chi connectivity index (χ0) is 13.6. The normalized spacial score (nSPS) is 16.0. The van der Waals surface area contributed by atoms with Crippen LogP contribution in [0.2, 0.25) is 5.15 Å². The van der Waals surface area contributed by atoms with Gasteiger partial charge in [-0.3, -0.25) is 0 Å². The molecule has 1 aliphatic rings. The zero-order valence-electron chi connectivity index (χ0n) is 11.2. The average molecular weight is 275 g/mol. The van der Waals surface area contributed by atoms with E-state index in [9.17, 15) is 0 Å². The lowest BCUT2D eigenvalue weighted by molar-refractivity contribution is 0.139. The van der Waals surface area contributed by atoms with Gasteiger partial charge >= 0.3 is 0 Å². The fourth-order valence-electron chi connectivity index (χ4n) is 2.44. The molecule has 0 amide bonds. The number of aryl methyl sites for hydroxylation is 1. The molecule has 3 nitrogen and oxygen atoms in total. The van der Waals surface area contributed by atoms with Gasteiger partial charge in [0, 0.05) is 12.1 Å². The Morgan fingerprint density at radius 1 is 1.26 bits per heavy atom. The van der Waals surface area contributed by atoms with Crippen LogP contribution in [0.25, 0.3) is 11.4 Å². The van der Waals surface area contributed by atoms with E-state index in [-0.39, 0.29) is 5.60 Å². The second-order valence-corrected chi connectivity index (χ2v) is 5.88. The summed E-state index contributed by atoms with van der Waals surface area (Å²) in [5.74, 6) is 1.51. The maximum atomic E-state index is 6.04. The first-order valence-corrected chi connectivity index (χ1v) is 6.65. The molecular weight excluding hydrogens is 260 g/mol.